The van der Waals surface area contributed by atoms with Gasteiger partial charge in [0, 0.05) is 37.9 Å². The molecule has 3 rings (SSSR count). The van der Waals surface area contributed by atoms with E-state index in [-0.39, 0.29) is 18.0 Å². The summed E-state index contributed by atoms with van der Waals surface area (Å²) in [5, 5.41) is 14.5. The zero-order valence-electron chi connectivity index (χ0n) is 18.1. The Morgan fingerprint density at radius 3 is 2.70 bits per heavy atom. The number of hydrogen-bond acceptors (Lipinski definition) is 6. The number of nitrogens with zero attached hydrogens (tertiary/aromatic N) is 2. The van der Waals surface area contributed by atoms with Crippen LogP contribution in [0, 0.1) is 5.92 Å². The molecule has 0 aromatic carbocycles. The molecule has 2 heterocycles. The molecule has 0 saturated carbocycles. The van der Waals surface area contributed by atoms with Crippen LogP contribution in [0.15, 0.2) is 12.1 Å². The SMILES string of the molecule is COCC1CN(c2ccc3c(n2)CC[C@H](NC(=O)O)C3)CC1NC(=O)OC(C)(C)C. The van der Waals surface area contributed by atoms with Crippen LogP contribution in [0.5, 0.6) is 0 Å². The molecule has 2 unspecified atom stereocenters. The molecule has 3 N–H and O–H groups in total. The summed E-state index contributed by atoms with van der Waals surface area (Å²) in [5.74, 6) is 0.998. The molecule has 1 aliphatic carbocycles. The Bertz CT molecular complexity index is 779. The van der Waals surface area contributed by atoms with Crippen molar-refractivity contribution >= 4 is 18.0 Å². The van der Waals surface area contributed by atoms with Gasteiger partial charge in [-0.05, 0) is 51.7 Å². The maximum Gasteiger partial charge on any atom is 0.407 e. The fraction of sp³-hybridized carbons (Fsp3) is 0.667. The van der Waals surface area contributed by atoms with Crippen molar-refractivity contribution in [1.29, 1.82) is 0 Å². The van der Waals surface area contributed by atoms with Gasteiger partial charge in [0.05, 0.1) is 12.6 Å². The van der Waals surface area contributed by atoms with Crippen LogP contribution in [0.4, 0.5) is 15.4 Å². The van der Waals surface area contributed by atoms with Crippen LogP contribution in [0.1, 0.15) is 38.4 Å². The Balaban J connectivity index is 1.67. The minimum atomic E-state index is -0.988. The van der Waals surface area contributed by atoms with Crippen molar-refractivity contribution in [2.24, 2.45) is 5.92 Å². The van der Waals surface area contributed by atoms with Gasteiger partial charge in [-0.2, -0.15) is 0 Å². The number of ether oxygens (including phenoxy) is 2. The predicted molar refractivity (Wildman–Crippen MR) is 112 cm³/mol. The molecule has 1 saturated heterocycles. The van der Waals surface area contributed by atoms with Crippen LogP contribution < -0.4 is 15.5 Å². The Morgan fingerprint density at radius 2 is 2.03 bits per heavy atom. The molecular formula is C21H32N4O5. The molecule has 30 heavy (non-hydrogen) atoms. The first-order valence-electron chi connectivity index (χ1n) is 10.4. The average molecular weight is 421 g/mol. The summed E-state index contributed by atoms with van der Waals surface area (Å²) < 4.78 is 10.8. The van der Waals surface area contributed by atoms with E-state index in [1.807, 2.05) is 32.9 Å². The predicted octanol–water partition coefficient (Wildman–Crippen LogP) is 2.18. The van der Waals surface area contributed by atoms with Crippen LogP contribution in [-0.4, -0.2) is 66.8 Å². The summed E-state index contributed by atoms with van der Waals surface area (Å²) in [6, 6.07) is 3.85. The maximum atomic E-state index is 12.3. The van der Waals surface area contributed by atoms with Gasteiger partial charge in [-0.1, -0.05) is 6.07 Å². The summed E-state index contributed by atoms with van der Waals surface area (Å²) in [7, 11) is 1.66. The molecule has 0 bridgehead atoms. The second-order valence-electron chi connectivity index (χ2n) is 9.04. The summed E-state index contributed by atoms with van der Waals surface area (Å²) in [6.07, 6.45) is 0.724. The summed E-state index contributed by atoms with van der Waals surface area (Å²) in [5.41, 5.74) is 1.55. The molecule has 1 aromatic rings. The first-order chi connectivity index (χ1) is 14.1. The van der Waals surface area contributed by atoms with Crippen molar-refractivity contribution in [2.75, 3.05) is 31.7 Å². The highest BCUT2D eigenvalue weighted by Crippen LogP contribution is 2.27. The van der Waals surface area contributed by atoms with Crippen LogP contribution >= 0.6 is 0 Å². The Morgan fingerprint density at radius 1 is 1.27 bits per heavy atom. The minimum Gasteiger partial charge on any atom is -0.465 e. The van der Waals surface area contributed by atoms with Gasteiger partial charge in [0.15, 0.2) is 0 Å². The highest BCUT2D eigenvalue weighted by molar-refractivity contribution is 5.68. The number of pyridine rings is 1. The van der Waals surface area contributed by atoms with Gasteiger partial charge in [-0.25, -0.2) is 14.6 Å². The van der Waals surface area contributed by atoms with E-state index >= 15 is 0 Å². The molecule has 166 valence electrons. The van der Waals surface area contributed by atoms with Crippen LogP contribution in [0.3, 0.4) is 0 Å². The molecule has 2 amide bonds. The number of aromatic nitrogens is 1. The molecule has 1 aliphatic heterocycles. The molecule has 1 fully saturated rings. The Labute approximate surface area is 177 Å². The van der Waals surface area contributed by atoms with Crippen molar-refractivity contribution in [3.05, 3.63) is 23.4 Å². The molecule has 3 atom stereocenters. The third-order valence-electron chi connectivity index (χ3n) is 5.43. The van der Waals surface area contributed by atoms with Gasteiger partial charge in [0.1, 0.15) is 11.4 Å². The summed E-state index contributed by atoms with van der Waals surface area (Å²) >= 11 is 0. The lowest BCUT2D eigenvalue weighted by Gasteiger charge is -2.26. The lowest BCUT2D eigenvalue weighted by molar-refractivity contribution is 0.0480. The van der Waals surface area contributed by atoms with Crippen molar-refractivity contribution < 1.29 is 24.2 Å². The van der Waals surface area contributed by atoms with Gasteiger partial charge in [0.25, 0.3) is 0 Å². The average Bonchev–Trinajstić information content (AvgIpc) is 3.02. The molecular weight excluding hydrogens is 388 g/mol. The maximum absolute atomic E-state index is 12.3. The minimum absolute atomic E-state index is 0.0667. The quantitative estimate of drug-likeness (QED) is 0.669. The van der Waals surface area contributed by atoms with E-state index < -0.39 is 17.8 Å². The van der Waals surface area contributed by atoms with E-state index in [4.69, 9.17) is 19.6 Å². The molecule has 0 spiro atoms. The van der Waals surface area contributed by atoms with Gasteiger partial charge < -0.3 is 30.1 Å². The number of carbonyl (C=O) groups excluding carboxylic acids is 1. The molecule has 2 aliphatic rings. The summed E-state index contributed by atoms with van der Waals surface area (Å²) in [6.45, 7) is 7.41. The number of amides is 2. The van der Waals surface area contributed by atoms with E-state index in [0.29, 0.717) is 19.6 Å². The Hall–Kier alpha value is -2.55. The third-order valence-corrected chi connectivity index (χ3v) is 5.43. The van der Waals surface area contributed by atoms with E-state index in [0.717, 1.165) is 36.5 Å². The van der Waals surface area contributed by atoms with Gasteiger partial charge in [-0.15, -0.1) is 0 Å². The zero-order valence-corrected chi connectivity index (χ0v) is 18.1. The normalized spacial score (nSPS) is 23.6. The molecule has 9 heteroatoms. The zero-order chi connectivity index (χ0) is 21.9. The van der Waals surface area contributed by atoms with E-state index in [9.17, 15) is 9.59 Å². The van der Waals surface area contributed by atoms with E-state index in [1.165, 1.54) is 0 Å². The van der Waals surface area contributed by atoms with E-state index in [2.05, 4.69) is 15.5 Å². The molecule has 0 radical (unpaired) electrons. The number of aryl methyl sites for hydroxylation is 1. The largest absolute Gasteiger partial charge is 0.465 e. The van der Waals surface area contributed by atoms with E-state index in [1.54, 1.807) is 7.11 Å². The topological polar surface area (TPSA) is 113 Å². The highest BCUT2D eigenvalue weighted by atomic mass is 16.6. The number of methoxy groups -OCH3 is 1. The van der Waals surface area contributed by atoms with Crippen molar-refractivity contribution in [3.63, 3.8) is 0 Å². The van der Waals surface area contributed by atoms with Gasteiger partial charge in [-0.3, -0.25) is 0 Å². The smallest absolute Gasteiger partial charge is 0.407 e. The van der Waals surface area contributed by atoms with Crippen molar-refractivity contribution in [2.45, 2.75) is 57.7 Å². The lowest BCUT2D eigenvalue weighted by Crippen LogP contribution is -2.44. The fourth-order valence-electron chi connectivity index (χ4n) is 4.14. The summed E-state index contributed by atoms with van der Waals surface area (Å²) in [4.78, 5) is 30.1. The number of hydrogen-bond donors (Lipinski definition) is 3. The number of fused-ring (bicyclic) bond motifs is 1. The van der Waals surface area contributed by atoms with Crippen LogP contribution in [0.2, 0.25) is 0 Å². The highest BCUT2D eigenvalue weighted by Gasteiger charge is 2.36. The number of anilines is 1. The third kappa shape index (κ3) is 5.75. The number of carboxylic acid groups (broad SMARTS) is 1. The number of nitrogens with one attached hydrogen (secondary N) is 2. The second-order valence-corrected chi connectivity index (χ2v) is 9.04. The van der Waals surface area contributed by atoms with Gasteiger partial charge in [0.2, 0.25) is 0 Å². The van der Waals surface area contributed by atoms with Crippen LogP contribution in [0.25, 0.3) is 0 Å². The first-order valence-corrected chi connectivity index (χ1v) is 10.4. The monoisotopic (exact) mass is 420 g/mol. The van der Waals surface area contributed by atoms with Gasteiger partial charge >= 0.3 is 12.2 Å². The van der Waals surface area contributed by atoms with Crippen molar-refractivity contribution in [3.8, 4) is 0 Å². The first kappa shape index (κ1) is 22.1. The second kappa shape index (κ2) is 9.07. The van der Waals surface area contributed by atoms with Crippen molar-refractivity contribution in [1.82, 2.24) is 15.6 Å². The number of rotatable bonds is 5. The fourth-order valence-corrected chi connectivity index (χ4v) is 4.14. The molecule has 9 nitrogen and oxygen atoms in total. The molecule has 1 aromatic heterocycles. The standard InChI is InChI=1S/C21H32N4O5/c1-21(2,3)30-20(28)24-17-11-25(10-14(17)12-29-4)18-8-5-13-9-15(22-19(26)27)6-7-16(13)23-18/h5,8,14-15,17,22H,6-7,9-12H2,1-4H3,(H,24,28)(H,26,27)/t14?,15-,17?/m0/s1. The Kier molecular flexibility index (Phi) is 6.70. The number of alkyl carbamates (subject to hydrolysis) is 1. The lowest BCUT2D eigenvalue weighted by atomic mass is 9.92. The van der Waals surface area contributed by atoms with Crippen LogP contribution in [-0.2, 0) is 22.3 Å². The number of carbonyl (C=O) groups is 2.